The van der Waals surface area contributed by atoms with Crippen LogP contribution in [0, 0.1) is 5.92 Å². The van der Waals surface area contributed by atoms with Gasteiger partial charge in [0.2, 0.25) is 0 Å². The highest BCUT2D eigenvalue weighted by Crippen LogP contribution is 2.20. The Kier molecular flexibility index (Phi) is 4.44. The van der Waals surface area contributed by atoms with Gasteiger partial charge in [0.15, 0.2) is 9.84 Å². The number of sulfone groups is 1. The summed E-state index contributed by atoms with van der Waals surface area (Å²) >= 11 is 0. The Hall–Kier alpha value is -0.130. The van der Waals surface area contributed by atoms with Gasteiger partial charge in [-0.05, 0) is 44.8 Å². The van der Waals surface area contributed by atoms with Crippen molar-refractivity contribution < 1.29 is 8.42 Å². The van der Waals surface area contributed by atoms with Crippen LogP contribution in [0.25, 0.3) is 0 Å². The predicted octanol–water partition coefficient (Wildman–Crippen LogP) is 0.495. The van der Waals surface area contributed by atoms with E-state index in [2.05, 4.69) is 17.1 Å². The van der Waals surface area contributed by atoms with E-state index in [0.29, 0.717) is 17.4 Å². The van der Waals surface area contributed by atoms with Crippen LogP contribution in [-0.2, 0) is 9.84 Å². The van der Waals surface area contributed by atoms with Crippen LogP contribution >= 0.6 is 0 Å². The zero-order valence-corrected chi connectivity index (χ0v) is 11.5. The van der Waals surface area contributed by atoms with Crippen molar-refractivity contribution in [3.8, 4) is 0 Å². The molecular formula is C12H24N2O2S. The van der Waals surface area contributed by atoms with Crippen molar-refractivity contribution in [3.05, 3.63) is 0 Å². The molecule has 2 aliphatic heterocycles. The maximum Gasteiger partial charge on any atom is 0.151 e. The average Bonchev–Trinajstić information content (AvgIpc) is 2.68. The Balaban J connectivity index is 1.88. The molecule has 2 atom stereocenters. The number of nitrogens with one attached hydrogen (secondary N) is 1. The topological polar surface area (TPSA) is 49.4 Å². The summed E-state index contributed by atoms with van der Waals surface area (Å²) in [6.45, 7) is 6.40. The molecule has 0 unspecified atom stereocenters. The minimum absolute atomic E-state index is 0.270. The van der Waals surface area contributed by atoms with E-state index >= 15 is 0 Å². The zero-order valence-electron chi connectivity index (χ0n) is 10.7. The maximum atomic E-state index is 11.5. The first-order chi connectivity index (χ1) is 8.11. The molecule has 100 valence electrons. The van der Waals surface area contributed by atoms with Crippen molar-refractivity contribution in [1.29, 1.82) is 0 Å². The molecule has 17 heavy (non-hydrogen) atoms. The van der Waals surface area contributed by atoms with Crippen LogP contribution in [0.4, 0.5) is 0 Å². The van der Waals surface area contributed by atoms with E-state index in [4.69, 9.17) is 0 Å². The molecule has 2 aliphatic rings. The van der Waals surface area contributed by atoms with E-state index in [1.165, 1.54) is 12.8 Å². The lowest BCUT2D eigenvalue weighted by atomic mass is 9.98. The van der Waals surface area contributed by atoms with Crippen molar-refractivity contribution in [1.82, 2.24) is 10.2 Å². The lowest BCUT2D eigenvalue weighted by Crippen LogP contribution is -2.43. The lowest BCUT2D eigenvalue weighted by molar-refractivity contribution is 0.173. The minimum atomic E-state index is -2.75. The highest BCUT2D eigenvalue weighted by molar-refractivity contribution is 7.91. The fourth-order valence-electron chi connectivity index (χ4n) is 3.01. The van der Waals surface area contributed by atoms with Crippen LogP contribution in [-0.4, -0.2) is 57.0 Å². The molecule has 5 heteroatoms. The Morgan fingerprint density at radius 1 is 1.35 bits per heavy atom. The Morgan fingerprint density at radius 3 is 2.71 bits per heavy atom. The summed E-state index contributed by atoms with van der Waals surface area (Å²) < 4.78 is 23.0. The van der Waals surface area contributed by atoms with Crippen LogP contribution in [0.5, 0.6) is 0 Å². The molecule has 4 nitrogen and oxygen atoms in total. The van der Waals surface area contributed by atoms with Gasteiger partial charge in [-0.25, -0.2) is 8.42 Å². The Bertz CT molecular complexity index is 336. The number of nitrogens with zero attached hydrogens (tertiary/aromatic N) is 1. The molecule has 0 aromatic rings. The van der Waals surface area contributed by atoms with Crippen LogP contribution in [0.1, 0.15) is 26.2 Å². The third-order valence-corrected chi connectivity index (χ3v) is 5.77. The highest BCUT2D eigenvalue weighted by Gasteiger charge is 2.32. The molecule has 2 saturated heterocycles. The van der Waals surface area contributed by atoms with Crippen LogP contribution < -0.4 is 5.32 Å². The molecule has 0 aromatic heterocycles. The smallest absolute Gasteiger partial charge is 0.151 e. The summed E-state index contributed by atoms with van der Waals surface area (Å²) in [7, 11) is -2.75. The van der Waals surface area contributed by atoms with Gasteiger partial charge in [-0.1, -0.05) is 6.92 Å². The molecule has 2 heterocycles. The predicted molar refractivity (Wildman–Crippen MR) is 69.9 cm³/mol. The van der Waals surface area contributed by atoms with E-state index in [-0.39, 0.29) is 6.04 Å². The molecule has 0 aliphatic carbocycles. The summed E-state index contributed by atoms with van der Waals surface area (Å²) in [5, 5.41) is 3.43. The van der Waals surface area contributed by atoms with Gasteiger partial charge in [-0.15, -0.1) is 0 Å². The monoisotopic (exact) mass is 260 g/mol. The average molecular weight is 260 g/mol. The molecule has 1 N–H and O–H groups in total. The van der Waals surface area contributed by atoms with Gasteiger partial charge in [-0.3, -0.25) is 4.90 Å². The van der Waals surface area contributed by atoms with Crippen molar-refractivity contribution >= 4 is 9.84 Å². The van der Waals surface area contributed by atoms with Crippen LogP contribution in [0.2, 0.25) is 0 Å². The van der Waals surface area contributed by atoms with Gasteiger partial charge in [0.25, 0.3) is 0 Å². The quantitative estimate of drug-likeness (QED) is 0.799. The fourth-order valence-corrected chi connectivity index (χ4v) is 4.77. The molecule has 2 fully saturated rings. The first-order valence-corrected chi connectivity index (χ1v) is 8.58. The highest BCUT2D eigenvalue weighted by atomic mass is 32.2. The molecule has 0 saturated carbocycles. The second kappa shape index (κ2) is 5.67. The standard InChI is InChI=1S/C12H24N2O2S/c1-2-14(9-11-4-3-6-13-8-11)12-5-7-17(15,16)10-12/h11-13H,2-10H2,1H3/t11-,12+/m1/s1. The molecule has 0 aromatic carbocycles. The molecule has 0 radical (unpaired) electrons. The molecule has 0 bridgehead atoms. The third-order valence-electron chi connectivity index (χ3n) is 4.02. The normalized spacial score (nSPS) is 33.1. The Labute approximate surface area is 105 Å². The Morgan fingerprint density at radius 2 is 2.18 bits per heavy atom. The van der Waals surface area contributed by atoms with Crippen molar-refractivity contribution in [2.75, 3.05) is 37.7 Å². The molecule has 2 rings (SSSR count). The lowest BCUT2D eigenvalue weighted by Gasteiger charge is -2.32. The van der Waals surface area contributed by atoms with E-state index in [1.54, 1.807) is 0 Å². The van der Waals surface area contributed by atoms with Gasteiger partial charge in [0.1, 0.15) is 0 Å². The zero-order chi connectivity index (χ0) is 12.3. The van der Waals surface area contributed by atoms with E-state index in [0.717, 1.165) is 32.6 Å². The van der Waals surface area contributed by atoms with E-state index in [1.807, 2.05) is 0 Å². The molecule has 0 spiro atoms. The first kappa shape index (κ1) is 13.3. The molecular weight excluding hydrogens is 236 g/mol. The van der Waals surface area contributed by atoms with Gasteiger partial charge in [0, 0.05) is 12.6 Å². The van der Waals surface area contributed by atoms with E-state index < -0.39 is 9.84 Å². The maximum absolute atomic E-state index is 11.5. The van der Waals surface area contributed by atoms with Crippen LogP contribution in [0.15, 0.2) is 0 Å². The summed E-state index contributed by atoms with van der Waals surface area (Å²) in [6.07, 6.45) is 3.37. The van der Waals surface area contributed by atoms with Crippen molar-refractivity contribution in [3.63, 3.8) is 0 Å². The summed E-state index contributed by atoms with van der Waals surface area (Å²) in [5.74, 6) is 1.46. The van der Waals surface area contributed by atoms with Crippen LogP contribution in [0.3, 0.4) is 0 Å². The first-order valence-electron chi connectivity index (χ1n) is 6.76. The number of piperidine rings is 1. The van der Waals surface area contributed by atoms with Crippen molar-refractivity contribution in [2.24, 2.45) is 5.92 Å². The second-order valence-electron chi connectivity index (χ2n) is 5.36. The van der Waals surface area contributed by atoms with Gasteiger partial charge in [-0.2, -0.15) is 0 Å². The summed E-state index contributed by atoms with van der Waals surface area (Å²) in [4.78, 5) is 2.38. The summed E-state index contributed by atoms with van der Waals surface area (Å²) in [6, 6.07) is 0.270. The third kappa shape index (κ3) is 3.66. The van der Waals surface area contributed by atoms with Gasteiger partial charge >= 0.3 is 0 Å². The largest absolute Gasteiger partial charge is 0.316 e. The van der Waals surface area contributed by atoms with Gasteiger partial charge in [0.05, 0.1) is 11.5 Å². The number of hydrogen-bond donors (Lipinski definition) is 1. The van der Waals surface area contributed by atoms with Crippen molar-refractivity contribution in [2.45, 2.75) is 32.2 Å². The van der Waals surface area contributed by atoms with E-state index in [9.17, 15) is 8.42 Å². The SMILES string of the molecule is CCN(C[C@@H]1CCCNC1)[C@H]1CCS(=O)(=O)C1. The van der Waals surface area contributed by atoms with Gasteiger partial charge < -0.3 is 5.32 Å². The number of hydrogen-bond acceptors (Lipinski definition) is 4. The minimum Gasteiger partial charge on any atom is -0.316 e. The fraction of sp³-hybridized carbons (Fsp3) is 1.00. The summed E-state index contributed by atoms with van der Waals surface area (Å²) in [5.41, 5.74) is 0. The molecule has 0 amide bonds. The number of rotatable bonds is 4. The second-order valence-corrected chi connectivity index (χ2v) is 7.59.